The number of carbonyl (C=O) groups excluding carboxylic acids is 1. The molecule has 1 aromatic heterocycles. The van der Waals surface area contributed by atoms with E-state index in [1.165, 1.54) is 6.26 Å². The third-order valence-corrected chi connectivity index (χ3v) is 3.90. The molecule has 1 unspecified atom stereocenters. The van der Waals surface area contributed by atoms with Gasteiger partial charge in [0, 0.05) is 20.2 Å². The van der Waals surface area contributed by atoms with Crippen LogP contribution in [-0.2, 0) is 4.74 Å². The van der Waals surface area contributed by atoms with Gasteiger partial charge in [0.05, 0.1) is 17.4 Å². The van der Waals surface area contributed by atoms with E-state index in [9.17, 15) is 4.79 Å². The Morgan fingerprint density at radius 3 is 3.00 bits per heavy atom. The lowest BCUT2D eigenvalue weighted by Crippen LogP contribution is -2.49. The van der Waals surface area contributed by atoms with E-state index in [0.717, 1.165) is 19.4 Å². The highest BCUT2D eigenvalue weighted by molar-refractivity contribution is 9.10. The molecule has 1 saturated heterocycles. The molecule has 17 heavy (non-hydrogen) atoms. The lowest BCUT2D eigenvalue weighted by atomic mass is 9.94. The average molecular weight is 302 g/mol. The van der Waals surface area contributed by atoms with Crippen LogP contribution < -0.4 is 0 Å². The molecule has 0 radical (unpaired) electrons. The van der Waals surface area contributed by atoms with Gasteiger partial charge in [0.1, 0.15) is 0 Å². The number of halogens is 1. The number of furan rings is 1. The second-order valence-corrected chi connectivity index (χ2v) is 5.31. The average Bonchev–Trinajstić information content (AvgIpc) is 2.75. The number of methoxy groups -OCH3 is 1. The Balaban J connectivity index is 2.13. The van der Waals surface area contributed by atoms with Gasteiger partial charge in [-0.15, -0.1) is 0 Å². The van der Waals surface area contributed by atoms with Crippen molar-refractivity contribution in [2.45, 2.75) is 25.4 Å². The summed E-state index contributed by atoms with van der Waals surface area (Å²) in [6.45, 7) is 3.44. The van der Waals surface area contributed by atoms with Crippen LogP contribution >= 0.6 is 15.9 Å². The van der Waals surface area contributed by atoms with Crippen molar-refractivity contribution < 1.29 is 13.9 Å². The van der Waals surface area contributed by atoms with Crippen molar-refractivity contribution in [3.05, 3.63) is 22.6 Å². The maximum absolute atomic E-state index is 12.3. The molecule has 2 rings (SSSR count). The van der Waals surface area contributed by atoms with Gasteiger partial charge in [-0.3, -0.25) is 4.79 Å². The maximum atomic E-state index is 12.3. The van der Waals surface area contributed by atoms with Crippen molar-refractivity contribution in [2.75, 3.05) is 20.2 Å². The van der Waals surface area contributed by atoms with E-state index in [1.807, 2.05) is 11.8 Å². The Labute approximate surface area is 109 Å². The normalized spacial score (nSPS) is 25.0. The summed E-state index contributed by atoms with van der Waals surface area (Å²) in [4.78, 5) is 14.1. The van der Waals surface area contributed by atoms with Crippen LogP contribution in [0.1, 0.15) is 30.1 Å². The molecule has 1 atom stereocenters. The van der Waals surface area contributed by atoms with Gasteiger partial charge in [-0.05, 0) is 41.8 Å². The van der Waals surface area contributed by atoms with Gasteiger partial charge in [-0.2, -0.15) is 0 Å². The van der Waals surface area contributed by atoms with E-state index in [1.54, 1.807) is 13.2 Å². The van der Waals surface area contributed by atoms with Gasteiger partial charge in [0.25, 0.3) is 5.91 Å². The lowest BCUT2D eigenvalue weighted by Gasteiger charge is -2.39. The molecule has 1 aliphatic heterocycles. The van der Waals surface area contributed by atoms with E-state index in [-0.39, 0.29) is 11.5 Å². The number of amides is 1. The Bertz CT molecular complexity index is 418. The van der Waals surface area contributed by atoms with Gasteiger partial charge < -0.3 is 14.1 Å². The van der Waals surface area contributed by atoms with Crippen molar-refractivity contribution in [3.63, 3.8) is 0 Å². The van der Waals surface area contributed by atoms with E-state index in [0.29, 0.717) is 16.8 Å². The molecule has 0 aromatic carbocycles. The number of hydrogen-bond acceptors (Lipinski definition) is 3. The quantitative estimate of drug-likeness (QED) is 0.843. The van der Waals surface area contributed by atoms with Gasteiger partial charge in [-0.25, -0.2) is 0 Å². The van der Waals surface area contributed by atoms with Crippen molar-refractivity contribution in [2.24, 2.45) is 0 Å². The molecule has 1 amide bonds. The fraction of sp³-hybridized carbons (Fsp3) is 0.583. The highest BCUT2D eigenvalue weighted by Crippen LogP contribution is 2.27. The van der Waals surface area contributed by atoms with Crippen LogP contribution in [-0.4, -0.2) is 36.6 Å². The maximum Gasteiger partial charge on any atom is 0.258 e. The monoisotopic (exact) mass is 301 g/mol. The number of rotatable bonds is 2. The Kier molecular flexibility index (Phi) is 3.58. The summed E-state index contributed by atoms with van der Waals surface area (Å²) in [7, 11) is 1.70. The van der Waals surface area contributed by atoms with E-state index in [2.05, 4.69) is 15.9 Å². The number of carbonyl (C=O) groups is 1. The molecular formula is C12H16BrNO3. The first-order valence-corrected chi connectivity index (χ1v) is 6.42. The molecule has 0 spiro atoms. The highest BCUT2D eigenvalue weighted by Gasteiger charge is 2.34. The van der Waals surface area contributed by atoms with Gasteiger partial charge in [-0.1, -0.05) is 0 Å². The summed E-state index contributed by atoms with van der Waals surface area (Å²) >= 11 is 3.23. The zero-order chi connectivity index (χ0) is 12.5. The molecular weight excluding hydrogens is 286 g/mol. The molecule has 94 valence electrons. The second-order valence-electron chi connectivity index (χ2n) is 4.59. The summed E-state index contributed by atoms with van der Waals surface area (Å²) in [5.41, 5.74) is 0.342. The molecule has 1 fully saturated rings. The van der Waals surface area contributed by atoms with Gasteiger partial charge >= 0.3 is 0 Å². The third kappa shape index (κ3) is 2.55. The summed E-state index contributed by atoms with van der Waals surface area (Å²) in [6, 6.07) is 1.69. The van der Waals surface area contributed by atoms with Crippen LogP contribution in [0.25, 0.3) is 0 Å². The van der Waals surface area contributed by atoms with E-state index < -0.39 is 0 Å². The fourth-order valence-corrected chi connectivity index (χ4v) is 2.57. The zero-order valence-corrected chi connectivity index (χ0v) is 11.6. The predicted molar refractivity (Wildman–Crippen MR) is 67.0 cm³/mol. The van der Waals surface area contributed by atoms with Crippen molar-refractivity contribution in [1.29, 1.82) is 0 Å². The molecule has 1 aromatic rings. The minimum Gasteiger partial charge on any atom is -0.457 e. The van der Waals surface area contributed by atoms with Crippen LogP contribution in [0.3, 0.4) is 0 Å². The number of likely N-dealkylation sites (tertiary alicyclic amines) is 1. The SMILES string of the molecule is COC1(C)CCCN(C(=O)c2ccoc2Br)C1. The summed E-state index contributed by atoms with van der Waals surface area (Å²) in [6.07, 6.45) is 3.46. The minimum absolute atomic E-state index is 0.00593. The molecule has 0 aliphatic carbocycles. The fourth-order valence-electron chi connectivity index (χ4n) is 2.16. The minimum atomic E-state index is -0.232. The van der Waals surface area contributed by atoms with Crippen LogP contribution in [0.2, 0.25) is 0 Å². The Hall–Kier alpha value is -0.810. The first-order chi connectivity index (χ1) is 8.06. The number of piperidine rings is 1. The lowest BCUT2D eigenvalue weighted by molar-refractivity contribution is -0.0440. The van der Waals surface area contributed by atoms with Crippen LogP contribution in [0.15, 0.2) is 21.4 Å². The highest BCUT2D eigenvalue weighted by atomic mass is 79.9. The van der Waals surface area contributed by atoms with Crippen LogP contribution in [0.4, 0.5) is 0 Å². The Morgan fingerprint density at radius 1 is 1.65 bits per heavy atom. The molecule has 0 bridgehead atoms. The summed E-state index contributed by atoms with van der Waals surface area (Å²) in [5, 5.41) is 0. The number of nitrogens with zero attached hydrogens (tertiary/aromatic N) is 1. The second kappa shape index (κ2) is 4.82. The molecule has 0 N–H and O–H groups in total. The third-order valence-electron chi connectivity index (χ3n) is 3.29. The molecule has 5 heteroatoms. The molecule has 0 saturated carbocycles. The Morgan fingerprint density at radius 2 is 2.41 bits per heavy atom. The predicted octanol–water partition coefficient (Wildman–Crippen LogP) is 2.68. The van der Waals surface area contributed by atoms with Crippen molar-refractivity contribution in [1.82, 2.24) is 4.90 Å². The van der Waals surface area contributed by atoms with Crippen LogP contribution in [0, 0.1) is 0 Å². The van der Waals surface area contributed by atoms with Crippen molar-refractivity contribution in [3.8, 4) is 0 Å². The number of hydrogen-bond donors (Lipinski definition) is 0. The first kappa shape index (κ1) is 12.6. The summed E-state index contributed by atoms with van der Waals surface area (Å²) in [5.74, 6) is -0.00593. The molecule has 1 aliphatic rings. The van der Waals surface area contributed by atoms with Crippen molar-refractivity contribution >= 4 is 21.8 Å². The standard InChI is InChI=1S/C12H16BrNO3/c1-12(16-2)5-3-6-14(8-12)11(15)9-4-7-17-10(9)13/h4,7H,3,5-6,8H2,1-2H3. The summed E-state index contributed by atoms with van der Waals surface area (Å²) < 4.78 is 11.1. The van der Waals surface area contributed by atoms with Crippen LogP contribution in [0.5, 0.6) is 0 Å². The van der Waals surface area contributed by atoms with Gasteiger partial charge in [0.2, 0.25) is 0 Å². The number of ether oxygens (including phenoxy) is 1. The zero-order valence-electron chi connectivity index (χ0n) is 10.0. The van der Waals surface area contributed by atoms with E-state index in [4.69, 9.17) is 9.15 Å². The largest absolute Gasteiger partial charge is 0.457 e. The van der Waals surface area contributed by atoms with Gasteiger partial charge in [0.15, 0.2) is 4.67 Å². The molecule has 2 heterocycles. The first-order valence-electron chi connectivity index (χ1n) is 5.63. The smallest absolute Gasteiger partial charge is 0.258 e. The topological polar surface area (TPSA) is 42.7 Å². The van der Waals surface area contributed by atoms with E-state index >= 15 is 0 Å². The molecule has 4 nitrogen and oxygen atoms in total.